The molecule has 1 saturated heterocycles. The van der Waals surface area contributed by atoms with E-state index in [0.29, 0.717) is 30.4 Å². The van der Waals surface area contributed by atoms with Gasteiger partial charge in [-0.2, -0.15) is 13.2 Å². The average molecular weight is 485 g/mol. The van der Waals surface area contributed by atoms with Crippen LogP contribution < -0.4 is 9.64 Å². The Bertz CT molecular complexity index is 956. The Morgan fingerprint density at radius 2 is 1.67 bits per heavy atom. The zero-order valence-electron chi connectivity index (χ0n) is 18.9. The van der Waals surface area contributed by atoms with E-state index in [1.165, 1.54) is 12.1 Å². The summed E-state index contributed by atoms with van der Waals surface area (Å²) in [4.78, 5) is 16.4. The molecule has 1 heterocycles. The maximum atomic E-state index is 12.8. The Morgan fingerprint density at radius 3 is 2.21 bits per heavy atom. The van der Waals surface area contributed by atoms with E-state index in [9.17, 15) is 18.0 Å². The van der Waals surface area contributed by atoms with Crippen LogP contribution in [-0.2, 0) is 22.3 Å². The van der Waals surface area contributed by atoms with Crippen molar-refractivity contribution < 1.29 is 27.4 Å². The van der Waals surface area contributed by atoms with Gasteiger partial charge in [-0.05, 0) is 62.7 Å². The van der Waals surface area contributed by atoms with E-state index in [-0.39, 0.29) is 6.61 Å². The molecule has 3 rings (SSSR count). The van der Waals surface area contributed by atoms with Crippen LogP contribution in [-0.4, -0.2) is 49.3 Å². The van der Waals surface area contributed by atoms with Crippen molar-refractivity contribution >= 4 is 23.3 Å². The van der Waals surface area contributed by atoms with Crippen LogP contribution >= 0.6 is 11.6 Å². The minimum Gasteiger partial charge on any atom is -0.475 e. The van der Waals surface area contributed by atoms with Gasteiger partial charge in [-0.25, -0.2) is 4.79 Å². The summed E-state index contributed by atoms with van der Waals surface area (Å²) >= 11 is 6.40. The van der Waals surface area contributed by atoms with Crippen LogP contribution in [0.4, 0.5) is 18.9 Å². The van der Waals surface area contributed by atoms with Crippen LogP contribution in [0.25, 0.3) is 0 Å². The highest BCUT2D eigenvalue weighted by atomic mass is 35.5. The van der Waals surface area contributed by atoms with Crippen LogP contribution in [0.1, 0.15) is 31.9 Å². The molecule has 0 aromatic heterocycles. The molecular formula is C24H28ClF3N2O3. The summed E-state index contributed by atoms with van der Waals surface area (Å²) in [5, 5.41) is 0.410. The van der Waals surface area contributed by atoms with Crippen molar-refractivity contribution in [1.82, 2.24) is 4.90 Å². The smallest absolute Gasteiger partial charge is 0.416 e. The van der Waals surface area contributed by atoms with Gasteiger partial charge in [-0.3, -0.25) is 4.90 Å². The molecule has 2 aromatic rings. The number of alkyl halides is 3. The fourth-order valence-corrected chi connectivity index (χ4v) is 3.87. The van der Waals surface area contributed by atoms with Crippen molar-refractivity contribution in [3.05, 3.63) is 58.6 Å². The molecule has 9 heteroatoms. The molecular weight excluding hydrogens is 457 g/mol. The summed E-state index contributed by atoms with van der Waals surface area (Å²) in [5.74, 6) is -0.0540. The minimum absolute atomic E-state index is 0.268. The number of halogens is 4. The van der Waals surface area contributed by atoms with Crippen molar-refractivity contribution in [3.63, 3.8) is 0 Å². The van der Waals surface area contributed by atoms with Gasteiger partial charge < -0.3 is 14.4 Å². The predicted molar refractivity (Wildman–Crippen MR) is 122 cm³/mol. The number of carbonyl (C=O) groups excluding carboxylic acids is 1. The zero-order chi connectivity index (χ0) is 24.2. The van der Waals surface area contributed by atoms with E-state index in [1.807, 2.05) is 12.1 Å². The standard InChI is InChI=1S/C24H28ClF3N2O3/c1-4-32-22(31)23(2,3)33-21-10-5-17(15-20(21)25)16-29-11-13-30(14-12-29)19-8-6-18(7-9-19)24(26,27)28/h5-10,15H,4,11-14,16H2,1-3H3. The molecule has 0 bridgehead atoms. The third kappa shape index (κ3) is 6.54. The quantitative estimate of drug-likeness (QED) is 0.492. The first kappa shape index (κ1) is 25.2. The lowest BCUT2D eigenvalue weighted by Crippen LogP contribution is -2.46. The van der Waals surface area contributed by atoms with Crippen LogP contribution in [0.3, 0.4) is 0 Å². The van der Waals surface area contributed by atoms with Crippen molar-refractivity contribution in [2.75, 3.05) is 37.7 Å². The molecule has 0 unspecified atom stereocenters. The molecule has 5 nitrogen and oxygen atoms in total. The van der Waals surface area contributed by atoms with Crippen LogP contribution in [0.5, 0.6) is 5.75 Å². The molecule has 1 aliphatic rings. The average Bonchev–Trinajstić information content (AvgIpc) is 2.76. The van der Waals surface area contributed by atoms with E-state index in [1.54, 1.807) is 26.8 Å². The number of anilines is 1. The number of hydrogen-bond donors (Lipinski definition) is 0. The molecule has 1 fully saturated rings. The van der Waals surface area contributed by atoms with Gasteiger partial charge in [0.15, 0.2) is 5.60 Å². The maximum absolute atomic E-state index is 12.8. The molecule has 0 radical (unpaired) electrons. The van der Waals surface area contributed by atoms with E-state index in [4.69, 9.17) is 21.1 Å². The second-order valence-corrected chi connectivity index (χ2v) is 8.81. The highest BCUT2D eigenvalue weighted by Crippen LogP contribution is 2.32. The number of carbonyl (C=O) groups is 1. The van der Waals surface area contributed by atoms with E-state index in [2.05, 4.69) is 9.80 Å². The highest BCUT2D eigenvalue weighted by molar-refractivity contribution is 6.32. The lowest BCUT2D eigenvalue weighted by atomic mass is 10.1. The Kier molecular flexibility index (Phi) is 7.80. The van der Waals surface area contributed by atoms with Crippen molar-refractivity contribution in [1.29, 1.82) is 0 Å². The molecule has 33 heavy (non-hydrogen) atoms. The number of rotatable bonds is 7. The van der Waals surface area contributed by atoms with Crippen molar-refractivity contribution in [2.45, 2.75) is 39.1 Å². The maximum Gasteiger partial charge on any atom is 0.416 e. The Balaban J connectivity index is 1.55. The number of esters is 1. The first-order valence-corrected chi connectivity index (χ1v) is 11.2. The number of hydrogen-bond acceptors (Lipinski definition) is 5. The lowest BCUT2D eigenvalue weighted by Gasteiger charge is -2.36. The Hall–Kier alpha value is -2.45. The third-order valence-electron chi connectivity index (χ3n) is 5.47. The molecule has 180 valence electrons. The summed E-state index contributed by atoms with van der Waals surface area (Å²) in [7, 11) is 0. The molecule has 0 amide bonds. The van der Waals surface area contributed by atoms with E-state index < -0.39 is 23.3 Å². The van der Waals surface area contributed by atoms with Gasteiger partial charge in [0.2, 0.25) is 0 Å². The van der Waals surface area contributed by atoms with Crippen molar-refractivity contribution in [2.24, 2.45) is 0 Å². The second kappa shape index (κ2) is 10.2. The number of nitrogens with zero attached hydrogens (tertiary/aromatic N) is 2. The summed E-state index contributed by atoms with van der Waals surface area (Å²) in [5.41, 5.74) is -0.00369. The van der Waals surface area contributed by atoms with E-state index >= 15 is 0 Å². The summed E-state index contributed by atoms with van der Waals surface area (Å²) in [6.45, 7) is 8.92. The molecule has 0 saturated carbocycles. The van der Waals surface area contributed by atoms with Gasteiger partial charge in [0.05, 0.1) is 17.2 Å². The van der Waals surface area contributed by atoms with E-state index in [0.717, 1.165) is 36.5 Å². The second-order valence-electron chi connectivity index (χ2n) is 8.41. The number of ether oxygens (including phenoxy) is 2. The van der Waals surface area contributed by atoms with Gasteiger partial charge in [-0.1, -0.05) is 17.7 Å². The fraction of sp³-hybridized carbons (Fsp3) is 0.458. The summed E-state index contributed by atoms with van der Waals surface area (Å²) < 4.78 is 49.1. The van der Waals surface area contributed by atoms with Crippen LogP contribution in [0.15, 0.2) is 42.5 Å². The monoisotopic (exact) mass is 484 g/mol. The van der Waals surface area contributed by atoms with Gasteiger partial charge in [0.1, 0.15) is 5.75 Å². The highest BCUT2D eigenvalue weighted by Gasteiger charge is 2.32. The largest absolute Gasteiger partial charge is 0.475 e. The minimum atomic E-state index is -4.33. The topological polar surface area (TPSA) is 42.0 Å². The Labute approximate surface area is 197 Å². The first-order chi connectivity index (χ1) is 15.5. The van der Waals surface area contributed by atoms with Gasteiger partial charge >= 0.3 is 12.1 Å². The zero-order valence-corrected chi connectivity index (χ0v) is 19.7. The van der Waals surface area contributed by atoms with Crippen molar-refractivity contribution in [3.8, 4) is 5.75 Å². The lowest BCUT2D eigenvalue weighted by molar-refractivity contribution is -0.158. The molecule has 0 atom stereocenters. The summed E-state index contributed by atoms with van der Waals surface area (Å²) in [6.07, 6.45) is -4.33. The molecule has 1 aliphatic heterocycles. The van der Waals surface area contributed by atoms with Gasteiger partial charge in [0, 0.05) is 38.4 Å². The first-order valence-electron chi connectivity index (χ1n) is 10.8. The predicted octanol–water partition coefficient (Wildman–Crippen LogP) is 5.40. The van der Waals surface area contributed by atoms with Crippen LogP contribution in [0, 0.1) is 0 Å². The molecule has 0 spiro atoms. The SMILES string of the molecule is CCOC(=O)C(C)(C)Oc1ccc(CN2CCN(c3ccc(C(F)(F)F)cc3)CC2)cc1Cl. The number of piperazine rings is 1. The number of benzene rings is 2. The van der Waals surface area contributed by atoms with Gasteiger partial charge in [0.25, 0.3) is 0 Å². The normalized spacial score (nSPS) is 15.4. The Morgan fingerprint density at radius 1 is 1.03 bits per heavy atom. The third-order valence-corrected chi connectivity index (χ3v) is 5.76. The molecule has 0 N–H and O–H groups in total. The molecule has 0 aliphatic carbocycles. The van der Waals surface area contributed by atoms with Crippen LogP contribution in [0.2, 0.25) is 5.02 Å². The molecule has 2 aromatic carbocycles. The fourth-order valence-electron chi connectivity index (χ4n) is 3.63. The summed E-state index contributed by atoms with van der Waals surface area (Å²) in [6, 6.07) is 10.8. The van der Waals surface area contributed by atoms with Gasteiger partial charge in [-0.15, -0.1) is 0 Å².